The van der Waals surface area contributed by atoms with Crippen molar-refractivity contribution in [2.75, 3.05) is 12.4 Å². The number of hydrogen-bond acceptors (Lipinski definition) is 3. The Hall–Kier alpha value is -1.97. The summed E-state index contributed by atoms with van der Waals surface area (Å²) in [6, 6.07) is 6.69. The summed E-state index contributed by atoms with van der Waals surface area (Å²) in [5.41, 5.74) is 2.32. The Balaban J connectivity index is 1.84. The third-order valence-electron chi connectivity index (χ3n) is 4.24. The summed E-state index contributed by atoms with van der Waals surface area (Å²) < 4.78 is 7.41. The van der Waals surface area contributed by atoms with Crippen molar-refractivity contribution >= 4 is 5.95 Å². The van der Waals surface area contributed by atoms with Crippen molar-refractivity contribution in [1.29, 1.82) is 0 Å². The molecule has 0 atom stereocenters. The molecule has 0 saturated heterocycles. The van der Waals surface area contributed by atoms with Crippen LogP contribution in [0.15, 0.2) is 30.6 Å². The first-order valence-electron chi connectivity index (χ1n) is 7.73. The van der Waals surface area contributed by atoms with Gasteiger partial charge in [0, 0.05) is 18.4 Å². The van der Waals surface area contributed by atoms with Crippen LogP contribution in [0.5, 0.6) is 5.75 Å². The Morgan fingerprint density at radius 2 is 2.05 bits per heavy atom. The lowest BCUT2D eigenvalue weighted by atomic mass is 9.96. The molecule has 0 amide bonds. The number of ether oxygens (including phenoxy) is 1. The number of anilines is 1. The van der Waals surface area contributed by atoms with E-state index in [9.17, 15) is 0 Å². The SMILES string of the molecule is COc1ccc(-n2ccnc2NC2CCCCC2)c(C)c1. The van der Waals surface area contributed by atoms with Crippen LogP contribution in [0, 0.1) is 6.92 Å². The van der Waals surface area contributed by atoms with Crippen molar-refractivity contribution in [3.05, 3.63) is 36.2 Å². The van der Waals surface area contributed by atoms with Crippen LogP contribution in [0.25, 0.3) is 5.69 Å². The predicted molar refractivity (Wildman–Crippen MR) is 85.3 cm³/mol. The van der Waals surface area contributed by atoms with Gasteiger partial charge in [-0.3, -0.25) is 4.57 Å². The molecule has 4 heteroatoms. The maximum atomic E-state index is 5.28. The highest BCUT2D eigenvalue weighted by Crippen LogP contribution is 2.25. The van der Waals surface area contributed by atoms with Crippen LogP contribution in [-0.4, -0.2) is 22.7 Å². The lowest BCUT2D eigenvalue weighted by molar-refractivity contribution is 0.414. The van der Waals surface area contributed by atoms with Gasteiger partial charge in [0.1, 0.15) is 5.75 Å². The first-order valence-corrected chi connectivity index (χ1v) is 7.73. The number of benzene rings is 1. The van der Waals surface area contributed by atoms with Crippen LogP contribution in [0.3, 0.4) is 0 Å². The second-order valence-electron chi connectivity index (χ2n) is 5.75. The minimum absolute atomic E-state index is 0.554. The number of methoxy groups -OCH3 is 1. The zero-order valence-corrected chi connectivity index (χ0v) is 12.8. The summed E-state index contributed by atoms with van der Waals surface area (Å²) in [4.78, 5) is 4.49. The third-order valence-corrected chi connectivity index (χ3v) is 4.24. The average molecular weight is 285 g/mol. The van der Waals surface area contributed by atoms with Crippen LogP contribution in [-0.2, 0) is 0 Å². The largest absolute Gasteiger partial charge is 0.497 e. The molecule has 21 heavy (non-hydrogen) atoms. The number of rotatable bonds is 4. The van der Waals surface area contributed by atoms with Crippen LogP contribution < -0.4 is 10.1 Å². The molecule has 0 aliphatic heterocycles. The van der Waals surface area contributed by atoms with E-state index in [0.29, 0.717) is 6.04 Å². The fraction of sp³-hybridized carbons (Fsp3) is 0.471. The van der Waals surface area contributed by atoms with Crippen molar-refractivity contribution in [3.8, 4) is 11.4 Å². The first kappa shape index (κ1) is 14.0. The quantitative estimate of drug-likeness (QED) is 0.925. The molecule has 4 nitrogen and oxygen atoms in total. The van der Waals surface area contributed by atoms with E-state index in [1.165, 1.54) is 37.7 Å². The Kier molecular flexibility index (Phi) is 4.13. The Morgan fingerprint density at radius 1 is 1.24 bits per heavy atom. The van der Waals surface area contributed by atoms with Gasteiger partial charge in [-0.1, -0.05) is 19.3 Å². The first-order chi connectivity index (χ1) is 10.3. The molecule has 0 radical (unpaired) electrons. The van der Waals surface area contributed by atoms with E-state index >= 15 is 0 Å². The highest BCUT2D eigenvalue weighted by atomic mass is 16.5. The molecule has 1 aromatic heterocycles. The fourth-order valence-corrected chi connectivity index (χ4v) is 3.06. The minimum atomic E-state index is 0.554. The molecule has 0 spiro atoms. The van der Waals surface area contributed by atoms with Crippen molar-refractivity contribution in [2.45, 2.75) is 45.1 Å². The summed E-state index contributed by atoms with van der Waals surface area (Å²) in [5.74, 6) is 1.83. The molecular weight excluding hydrogens is 262 g/mol. The van der Waals surface area contributed by atoms with Crippen LogP contribution in [0.2, 0.25) is 0 Å². The van der Waals surface area contributed by atoms with Gasteiger partial charge in [0.15, 0.2) is 0 Å². The van der Waals surface area contributed by atoms with Gasteiger partial charge in [-0.05, 0) is 43.5 Å². The van der Waals surface area contributed by atoms with Crippen molar-refractivity contribution in [2.24, 2.45) is 0 Å². The minimum Gasteiger partial charge on any atom is -0.497 e. The van der Waals surface area contributed by atoms with Gasteiger partial charge in [0.2, 0.25) is 5.95 Å². The topological polar surface area (TPSA) is 39.1 Å². The molecule has 2 aromatic rings. The zero-order chi connectivity index (χ0) is 14.7. The monoisotopic (exact) mass is 285 g/mol. The average Bonchev–Trinajstić information content (AvgIpc) is 2.96. The number of hydrogen-bond donors (Lipinski definition) is 1. The van der Waals surface area contributed by atoms with Crippen LogP contribution in [0.4, 0.5) is 5.95 Å². The number of aromatic nitrogens is 2. The van der Waals surface area contributed by atoms with E-state index in [2.05, 4.69) is 33.9 Å². The molecule has 1 N–H and O–H groups in total. The highest BCUT2D eigenvalue weighted by Gasteiger charge is 2.16. The molecular formula is C17H23N3O. The summed E-state index contributed by atoms with van der Waals surface area (Å²) in [5, 5.41) is 3.60. The number of nitrogens with zero attached hydrogens (tertiary/aromatic N) is 2. The van der Waals surface area contributed by atoms with E-state index in [-0.39, 0.29) is 0 Å². The molecule has 1 saturated carbocycles. The van der Waals surface area contributed by atoms with Gasteiger partial charge >= 0.3 is 0 Å². The number of imidazole rings is 1. The lowest BCUT2D eigenvalue weighted by Gasteiger charge is -2.24. The maximum absolute atomic E-state index is 5.28. The molecule has 1 aliphatic carbocycles. The molecule has 1 aromatic carbocycles. The molecule has 1 aliphatic rings. The van der Waals surface area contributed by atoms with E-state index < -0.39 is 0 Å². The smallest absolute Gasteiger partial charge is 0.207 e. The number of nitrogens with one attached hydrogen (secondary N) is 1. The van der Waals surface area contributed by atoms with Crippen LogP contribution in [0.1, 0.15) is 37.7 Å². The Labute approximate surface area is 126 Å². The van der Waals surface area contributed by atoms with Crippen LogP contribution >= 0.6 is 0 Å². The van der Waals surface area contributed by atoms with E-state index in [0.717, 1.165) is 17.4 Å². The molecule has 0 unspecified atom stereocenters. The molecule has 1 fully saturated rings. The van der Waals surface area contributed by atoms with Gasteiger partial charge in [0.05, 0.1) is 12.8 Å². The normalized spacial score (nSPS) is 15.9. The van der Waals surface area contributed by atoms with E-state index in [4.69, 9.17) is 4.74 Å². The van der Waals surface area contributed by atoms with Gasteiger partial charge in [-0.25, -0.2) is 4.98 Å². The van der Waals surface area contributed by atoms with E-state index in [1.54, 1.807) is 7.11 Å². The summed E-state index contributed by atoms with van der Waals surface area (Å²) in [6.45, 7) is 2.10. The van der Waals surface area contributed by atoms with Gasteiger partial charge in [-0.15, -0.1) is 0 Å². The summed E-state index contributed by atoms with van der Waals surface area (Å²) in [6.07, 6.45) is 10.4. The third kappa shape index (κ3) is 3.04. The van der Waals surface area contributed by atoms with Gasteiger partial charge < -0.3 is 10.1 Å². The fourth-order valence-electron chi connectivity index (χ4n) is 3.06. The predicted octanol–water partition coefficient (Wildman–Crippen LogP) is 3.93. The van der Waals surface area contributed by atoms with Gasteiger partial charge in [-0.2, -0.15) is 0 Å². The van der Waals surface area contributed by atoms with Gasteiger partial charge in [0.25, 0.3) is 0 Å². The number of aryl methyl sites for hydroxylation is 1. The summed E-state index contributed by atoms with van der Waals surface area (Å²) in [7, 11) is 1.70. The standard InChI is InChI=1S/C17H23N3O/c1-13-12-15(21-2)8-9-16(13)20-11-10-18-17(20)19-14-6-4-3-5-7-14/h8-12,14H,3-7H2,1-2H3,(H,18,19). The van der Waals surface area contributed by atoms with Crippen molar-refractivity contribution < 1.29 is 4.74 Å². The maximum Gasteiger partial charge on any atom is 0.207 e. The summed E-state index contributed by atoms with van der Waals surface area (Å²) >= 11 is 0. The Morgan fingerprint density at radius 3 is 2.76 bits per heavy atom. The Bertz CT molecular complexity index is 600. The lowest BCUT2D eigenvalue weighted by Crippen LogP contribution is -2.24. The highest BCUT2D eigenvalue weighted by molar-refractivity contribution is 5.50. The van der Waals surface area contributed by atoms with E-state index in [1.807, 2.05) is 18.5 Å². The molecule has 3 rings (SSSR count). The molecule has 0 bridgehead atoms. The van der Waals surface area contributed by atoms with Crippen molar-refractivity contribution in [1.82, 2.24) is 9.55 Å². The molecule has 112 valence electrons. The molecule has 1 heterocycles. The zero-order valence-electron chi connectivity index (χ0n) is 12.8. The second-order valence-corrected chi connectivity index (χ2v) is 5.75. The second kappa shape index (κ2) is 6.20. The van der Waals surface area contributed by atoms with Crippen molar-refractivity contribution in [3.63, 3.8) is 0 Å².